The highest BCUT2D eigenvalue weighted by molar-refractivity contribution is 14.1. The Morgan fingerprint density at radius 2 is 2.10 bits per heavy atom. The molecule has 0 amide bonds. The van der Waals surface area contributed by atoms with Gasteiger partial charge >= 0.3 is 0 Å². The lowest BCUT2D eigenvalue weighted by Crippen LogP contribution is -1.99. The fraction of sp³-hybridized carbons (Fsp3) is 1.00. The van der Waals surface area contributed by atoms with Gasteiger partial charge in [0.1, 0.15) is 0 Å². The molecule has 2 heteroatoms. The van der Waals surface area contributed by atoms with E-state index < -0.39 is 4.18 Å². The molecule has 0 radical (unpaired) electrons. The Morgan fingerprint density at radius 3 is 2.50 bits per heavy atom. The summed E-state index contributed by atoms with van der Waals surface area (Å²) in [6.45, 7) is 4.30. The Hall–Kier alpha value is 0.660. The predicted octanol–water partition coefficient (Wildman–Crippen LogP) is 3.93. The molecule has 0 aliphatic heterocycles. The molecule has 0 heterocycles. The molecule has 0 aliphatic carbocycles. The zero-order chi connectivity index (χ0) is 7.98. The lowest BCUT2D eigenvalue weighted by Gasteiger charge is -2.09. The van der Waals surface area contributed by atoms with Crippen molar-refractivity contribution in [3.05, 3.63) is 0 Å². The molecule has 0 aromatic heterocycles. The molecule has 0 saturated carbocycles. The van der Waals surface area contributed by atoms with Crippen molar-refractivity contribution in [3.8, 4) is 0 Å². The molecule has 0 aromatic rings. The second-order valence-corrected chi connectivity index (χ2v) is 4.23. The highest BCUT2D eigenvalue weighted by atomic mass is 127. The van der Waals surface area contributed by atoms with Gasteiger partial charge in [-0.1, -0.05) is 33.1 Å². The molecule has 2 atom stereocenters. The highest BCUT2D eigenvalue weighted by Crippen LogP contribution is 2.19. The number of alkyl halides is 2. The molecule has 0 aromatic carbocycles. The SMILES string of the molecule is CCCCC(C)CC(F)I. The van der Waals surface area contributed by atoms with Crippen LogP contribution in [-0.4, -0.2) is 4.18 Å². The van der Waals surface area contributed by atoms with Gasteiger partial charge in [0.2, 0.25) is 0 Å². The van der Waals surface area contributed by atoms with Crippen molar-refractivity contribution in [2.45, 2.75) is 43.7 Å². The van der Waals surface area contributed by atoms with Crippen molar-refractivity contribution in [1.82, 2.24) is 0 Å². The largest absolute Gasteiger partial charge is 0.236 e. The van der Waals surface area contributed by atoms with Crippen LogP contribution >= 0.6 is 22.6 Å². The molecule has 0 N–H and O–H groups in total. The highest BCUT2D eigenvalue weighted by Gasteiger charge is 2.06. The van der Waals surface area contributed by atoms with Crippen LogP contribution < -0.4 is 0 Å². The Labute approximate surface area is 76.7 Å². The van der Waals surface area contributed by atoms with Gasteiger partial charge in [0.05, 0.1) is 0 Å². The summed E-state index contributed by atoms with van der Waals surface area (Å²) in [6.07, 6.45) is 4.37. The third-order valence-electron chi connectivity index (χ3n) is 1.63. The van der Waals surface area contributed by atoms with Crippen LogP contribution in [0.4, 0.5) is 4.39 Å². The van der Waals surface area contributed by atoms with Gasteiger partial charge < -0.3 is 0 Å². The van der Waals surface area contributed by atoms with Gasteiger partial charge in [0.15, 0.2) is 4.18 Å². The van der Waals surface area contributed by atoms with E-state index >= 15 is 0 Å². The second-order valence-electron chi connectivity index (χ2n) is 2.87. The van der Waals surface area contributed by atoms with Crippen molar-refractivity contribution < 1.29 is 4.39 Å². The molecule has 10 heavy (non-hydrogen) atoms. The normalized spacial score (nSPS) is 16.8. The third kappa shape index (κ3) is 6.78. The quantitative estimate of drug-likeness (QED) is 0.517. The number of hydrogen-bond acceptors (Lipinski definition) is 0. The van der Waals surface area contributed by atoms with Gasteiger partial charge in [-0.3, -0.25) is 0 Å². The third-order valence-corrected chi connectivity index (χ3v) is 2.14. The van der Waals surface area contributed by atoms with Crippen LogP contribution in [0.1, 0.15) is 39.5 Å². The van der Waals surface area contributed by atoms with Gasteiger partial charge in [-0.15, -0.1) is 0 Å². The summed E-state index contributed by atoms with van der Waals surface area (Å²) in [7, 11) is 0. The van der Waals surface area contributed by atoms with Crippen LogP contribution in [0.25, 0.3) is 0 Å². The van der Waals surface area contributed by atoms with Crippen LogP contribution in [0, 0.1) is 5.92 Å². The Morgan fingerprint density at radius 1 is 1.50 bits per heavy atom. The van der Waals surface area contributed by atoms with E-state index in [-0.39, 0.29) is 0 Å². The Kier molecular flexibility index (Phi) is 6.80. The first-order valence-corrected chi connectivity index (χ1v) is 5.19. The predicted molar refractivity (Wildman–Crippen MR) is 52.2 cm³/mol. The molecule has 62 valence electrons. The standard InChI is InChI=1S/C8H16FI/c1-3-4-5-7(2)6-8(9)10/h7-8H,3-6H2,1-2H3. The molecule has 0 aliphatic rings. The van der Waals surface area contributed by atoms with Crippen molar-refractivity contribution >= 4 is 22.6 Å². The van der Waals surface area contributed by atoms with E-state index in [2.05, 4.69) is 13.8 Å². The number of halogens is 2. The average Bonchev–Trinajstić information content (AvgIpc) is 1.82. The topological polar surface area (TPSA) is 0 Å². The van der Waals surface area contributed by atoms with Gasteiger partial charge in [-0.05, 0) is 34.9 Å². The van der Waals surface area contributed by atoms with E-state index in [1.807, 2.05) is 22.6 Å². The minimum atomic E-state index is -0.649. The molecule has 0 fully saturated rings. The minimum Gasteiger partial charge on any atom is -0.236 e. The van der Waals surface area contributed by atoms with Crippen LogP contribution in [-0.2, 0) is 0 Å². The molecular weight excluding hydrogens is 242 g/mol. The van der Waals surface area contributed by atoms with E-state index in [9.17, 15) is 4.39 Å². The summed E-state index contributed by atoms with van der Waals surface area (Å²) < 4.78 is 11.7. The van der Waals surface area contributed by atoms with Gasteiger partial charge in [-0.2, -0.15) is 0 Å². The van der Waals surface area contributed by atoms with Crippen molar-refractivity contribution in [2.75, 3.05) is 0 Å². The van der Waals surface area contributed by atoms with Crippen LogP contribution in [0.3, 0.4) is 0 Å². The first-order chi connectivity index (χ1) is 4.66. The van der Waals surface area contributed by atoms with E-state index in [0.29, 0.717) is 5.92 Å². The first kappa shape index (κ1) is 10.7. The molecule has 0 nitrogen and oxygen atoms in total. The lowest BCUT2D eigenvalue weighted by atomic mass is 10.0. The molecule has 0 saturated heterocycles. The van der Waals surface area contributed by atoms with Crippen LogP contribution in [0.2, 0.25) is 0 Å². The number of hydrogen-bond donors (Lipinski definition) is 0. The zero-order valence-corrected chi connectivity index (χ0v) is 8.90. The second kappa shape index (κ2) is 6.38. The molecular formula is C8H16FI. The summed E-state index contributed by atoms with van der Waals surface area (Å²) in [5.74, 6) is 0.562. The van der Waals surface area contributed by atoms with Crippen molar-refractivity contribution in [1.29, 1.82) is 0 Å². The van der Waals surface area contributed by atoms with E-state index in [1.54, 1.807) is 0 Å². The fourth-order valence-electron chi connectivity index (χ4n) is 0.975. The first-order valence-electron chi connectivity index (χ1n) is 3.95. The van der Waals surface area contributed by atoms with E-state index in [1.165, 1.54) is 19.3 Å². The molecule has 0 rings (SSSR count). The Bertz CT molecular complexity index is 73.7. The number of unbranched alkanes of at least 4 members (excludes halogenated alkanes) is 1. The van der Waals surface area contributed by atoms with Crippen molar-refractivity contribution in [2.24, 2.45) is 5.92 Å². The lowest BCUT2D eigenvalue weighted by molar-refractivity contribution is 0.367. The van der Waals surface area contributed by atoms with E-state index in [0.717, 1.165) is 6.42 Å². The smallest absolute Gasteiger partial charge is 0.151 e. The molecule has 0 bridgehead atoms. The average molecular weight is 258 g/mol. The number of rotatable bonds is 5. The fourth-order valence-corrected chi connectivity index (χ4v) is 1.84. The Balaban J connectivity index is 3.16. The maximum Gasteiger partial charge on any atom is 0.151 e. The molecule has 0 spiro atoms. The summed E-state index contributed by atoms with van der Waals surface area (Å²) in [5, 5.41) is 0. The summed E-state index contributed by atoms with van der Waals surface area (Å²) in [6, 6.07) is 0. The van der Waals surface area contributed by atoms with Crippen LogP contribution in [0.15, 0.2) is 0 Å². The van der Waals surface area contributed by atoms with Gasteiger partial charge in [0, 0.05) is 0 Å². The zero-order valence-electron chi connectivity index (χ0n) is 6.74. The van der Waals surface area contributed by atoms with Gasteiger partial charge in [-0.25, -0.2) is 4.39 Å². The summed E-state index contributed by atoms with van der Waals surface area (Å²) in [5.41, 5.74) is 0. The molecule has 2 unspecified atom stereocenters. The summed E-state index contributed by atoms with van der Waals surface area (Å²) in [4.78, 5) is 0. The monoisotopic (exact) mass is 258 g/mol. The van der Waals surface area contributed by atoms with Gasteiger partial charge in [0.25, 0.3) is 0 Å². The summed E-state index contributed by atoms with van der Waals surface area (Å²) >= 11 is 1.84. The maximum absolute atomic E-state index is 12.4. The van der Waals surface area contributed by atoms with Crippen LogP contribution in [0.5, 0.6) is 0 Å². The maximum atomic E-state index is 12.4. The minimum absolute atomic E-state index is 0.562. The van der Waals surface area contributed by atoms with Crippen molar-refractivity contribution in [3.63, 3.8) is 0 Å². The van der Waals surface area contributed by atoms with E-state index in [4.69, 9.17) is 0 Å².